The van der Waals surface area contributed by atoms with Crippen LogP contribution in [0.4, 0.5) is 4.79 Å². The number of rotatable bonds is 6. The van der Waals surface area contributed by atoms with E-state index < -0.39 is 5.97 Å². The van der Waals surface area contributed by atoms with Gasteiger partial charge in [0.15, 0.2) is 6.61 Å². The lowest BCUT2D eigenvalue weighted by Crippen LogP contribution is -2.39. The molecule has 2 N–H and O–H groups in total. The van der Waals surface area contributed by atoms with Gasteiger partial charge in [-0.05, 0) is 31.5 Å². The lowest BCUT2D eigenvalue weighted by molar-refractivity contribution is 0.0437. The molecule has 24 heavy (non-hydrogen) atoms. The van der Waals surface area contributed by atoms with Gasteiger partial charge in [0, 0.05) is 19.5 Å². The van der Waals surface area contributed by atoms with E-state index in [1.54, 1.807) is 31.2 Å². The number of aromatic nitrogens is 2. The summed E-state index contributed by atoms with van der Waals surface area (Å²) in [4.78, 5) is 23.4. The van der Waals surface area contributed by atoms with Crippen LogP contribution in [-0.2, 0) is 17.9 Å². The van der Waals surface area contributed by atoms with E-state index in [9.17, 15) is 9.59 Å². The average Bonchev–Trinajstić information content (AvgIpc) is 2.96. The molecule has 0 atom stereocenters. The molecule has 128 valence electrons. The van der Waals surface area contributed by atoms with Crippen molar-refractivity contribution in [3.8, 4) is 0 Å². The molecule has 0 aliphatic heterocycles. The zero-order chi connectivity index (χ0) is 17.5. The summed E-state index contributed by atoms with van der Waals surface area (Å²) in [7, 11) is 0. The summed E-state index contributed by atoms with van der Waals surface area (Å²) in [5, 5.41) is 12.9. The molecular formula is C16H20N4O4. The lowest BCUT2D eigenvalue weighted by atomic mass is 10.1. The second-order valence-electron chi connectivity index (χ2n) is 5.47. The van der Waals surface area contributed by atoms with E-state index in [1.165, 1.54) is 0 Å². The molecule has 0 saturated carbocycles. The summed E-state index contributed by atoms with van der Waals surface area (Å²) in [6, 6.07) is 6.62. The Balaban J connectivity index is 1.82. The molecule has 0 radical (unpaired) electrons. The Labute approximate surface area is 139 Å². The normalized spacial score (nSPS) is 10.5. The fraction of sp³-hybridized carbons (Fsp3) is 0.375. The monoisotopic (exact) mass is 332 g/mol. The molecule has 0 fully saturated rings. The first-order chi connectivity index (χ1) is 11.4. The van der Waals surface area contributed by atoms with Gasteiger partial charge in [0.2, 0.25) is 5.89 Å². The standard InChI is InChI=1S/C16H20N4O4/c1-10(2)18-16(22)17-8-12-4-6-13(7-5-12)15(21)23-9-14-20-19-11(3)24-14/h4-7,10H,8-9H2,1-3H3,(H2,17,18,22). The van der Waals surface area contributed by atoms with E-state index in [1.807, 2.05) is 13.8 Å². The van der Waals surface area contributed by atoms with Crippen LogP contribution in [0.5, 0.6) is 0 Å². The minimum Gasteiger partial charge on any atom is -0.452 e. The molecule has 8 heteroatoms. The van der Waals surface area contributed by atoms with Gasteiger partial charge < -0.3 is 19.8 Å². The Morgan fingerprint density at radius 1 is 1.21 bits per heavy atom. The van der Waals surface area contributed by atoms with Crippen molar-refractivity contribution in [3.05, 3.63) is 47.2 Å². The van der Waals surface area contributed by atoms with E-state index >= 15 is 0 Å². The molecule has 2 aromatic rings. The van der Waals surface area contributed by atoms with Crippen molar-refractivity contribution < 1.29 is 18.7 Å². The van der Waals surface area contributed by atoms with Gasteiger partial charge in [-0.1, -0.05) is 12.1 Å². The van der Waals surface area contributed by atoms with Crippen LogP contribution in [-0.4, -0.2) is 28.2 Å². The maximum absolute atomic E-state index is 11.9. The van der Waals surface area contributed by atoms with Crippen LogP contribution in [0.25, 0.3) is 0 Å². The second-order valence-corrected chi connectivity index (χ2v) is 5.47. The molecule has 2 amide bonds. The van der Waals surface area contributed by atoms with Crippen molar-refractivity contribution in [1.82, 2.24) is 20.8 Å². The topological polar surface area (TPSA) is 106 Å². The molecule has 1 aromatic carbocycles. The predicted molar refractivity (Wildman–Crippen MR) is 85.1 cm³/mol. The maximum Gasteiger partial charge on any atom is 0.338 e. The number of amides is 2. The Bertz CT molecular complexity index is 694. The number of carbonyl (C=O) groups excluding carboxylic acids is 2. The summed E-state index contributed by atoms with van der Waals surface area (Å²) in [6.07, 6.45) is 0. The van der Waals surface area contributed by atoms with E-state index in [0.717, 1.165) is 5.56 Å². The lowest BCUT2D eigenvalue weighted by Gasteiger charge is -2.10. The van der Waals surface area contributed by atoms with Crippen LogP contribution in [0.15, 0.2) is 28.7 Å². The molecule has 0 aliphatic rings. The van der Waals surface area contributed by atoms with Gasteiger partial charge in [0.05, 0.1) is 5.56 Å². The number of hydrogen-bond donors (Lipinski definition) is 2. The van der Waals surface area contributed by atoms with Gasteiger partial charge in [-0.2, -0.15) is 0 Å². The smallest absolute Gasteiger partial charge is 0.338 e. The number of nitrogens with one attached hydrogen (secondary N) is 2. The molecule has 8 nitrogen and oxygen atoms in total. The number of esters is 1. The van der Waals surface area contributed by atoms with Crippen molar-refractivity contribution in [1.29, 1.82) is 0 Å². The third kappa shape index (κ3) is 5.38. The Kier molecular flexibility index (Phi) is 5.89. The van der Waals surface area contributed by atoms with Crippen LogP contribution in [0.3, 0.4) is 0 Å². The van der Waals surface area contributed by atoms with Crippen molar-refractivity contribution in [3.63, 3.8) is 0 Å². The fourth-order valence-electron chi connectivity index (χ4n) is 1.86. The molecule has 0 unspecified atom stereocenters. The van der Waals surface area contributed by atoms with Crippen LogP contribution in [0, 0.1) is 6.92 Å². The van der Waals surface area contributed by atoms with E-state index in [-0.39, 0.29) is 24.6 Å². The third-order valence-corrected chi connectivity index (χ3v) is 2.96. The molecule has 0 aliphatic carbocycles. The van der Waals surface area contributed by atoms with Gasteiger partial charge in [-0.15, -0.1) is 10.2 Å². The summed E-state index contributed by atoms with van der Waals surface area (Å²) >= 11 is 0. The summed E-state index contributed by atoms with van der Waals surface area (Å²) in [6.45, 7) is 5.73. The highest BCUT2D eigenvalue weighted by Crippen LogP contribution is 2.08. The maximum atomic E-state index is 11.9. The van der Waals surface area contributed by atoms with Gasteiger partial charge in [-0.3, -0.25) is 0 Å². The number of hydrogen-bond acceptors (Lipinski definition) is 6. The SMILES string of the molecule is Cc1nnc(COC(=O)c2ccc(CNC(=O)NC(C)C)cc2)o1. The second kappa shape index (κ2) is 8.09. The molecule has 0 saturated heterocycles. The van der Waals surface area contributed by atoms with Crippen molar-refractivity contribution in [2.75, 3.05) is 0 Å². The van der Waals surface area contributed by atoms with Crippen LogP contribution < -0.4 is 10.6 Å². The highest BCUT2D eigenvalue weighted by molar-refractivity contribution is 5.89. The molecule has 0 bridgehead atoms. The number of benzene rings is 1. The minimum atomic E-state index is -0.483. The van der Waals surface area contributed by atoms with E-state index in [4.69, 9.17) is 9.15 Å². The average molecular weight is 332 g/mol. The molecular weight excluding hydrogens is 312 g/mol. The van der Waals surface area contributed by atoms with Crippen molar-refractivity contribution in [2.24, 2.45) is 0 Å². The van der Waals surface area contributed by atoms with Crippen LogP contribution >= 0.6 is 0 Å². The summed E-state index contributed by atoms with van der Waals surface area (Å²) in [5.74, 6) is 0.181. The first-order valence-corrected chi connectivity index (χ1v) is 7.53. The number of ether oxygens (including phenoxy) is 1. The third-order valence-electron chi connectivity index (χ3n) is 2.96. The summed E-state index contributed by atoms with van der Waals surface area (Å²) in [5.41, 5.74) is 1.28. The fourth-order valence-corrected chi connectivity index (χ4v) is 1.86. The zero-order valence-corrected chi connectivity index (χ0v) is 13.8. The Morgan fingerprint density at radius 3 is 2.50 bits per heavy atom. The van der Waals surface area contributed by atoms with E-state index in [0.29, 0.717) is 18.0 Å². The van der Waals surface area contributed by atoms with Crippen LogP contribution in [0.2, 0.25) is 0 Å². The molecule has 1 heterocycles. The number of carbonyl (C=O) groups is 2. The molecule has 0 spiro atoms. The quantitative estimate of drug-likeness (QED) is 0.783. The predicted octanol–water partition coefficient (Wildman–Crippen LogP) is 1.94. The van der Waals surface area contributed by atoms with Crippen LogP contribution in [0.1, 0.15) is 41.6 Å². The largest absolute Gasteiger partial charge is 0.452 e. The number of aryl methyl sites for hydroxylation is 1. The Morgan fingerprint density at radius 2 is 1.92 bits per heavy atom. The first-order valence-electron chi connectivity index (χ1n) is 7.53. The molecule has 2 rings (SSSR count). The van der Waals surface area contributed by atoms with E-state index in [2.05, 4.69) is 20.8 Å². The first kappa shape index (κ1) is 17.5. The van der Waals surface area contributed by atoms with Gasteiger partial charge in [-0.25, -0.2) is 9.59 Å². The Hall–Kier alpha value is -2.90. The van der Waals surface area contributed by atoms with Crippen molar-refractivity contribution >= 4 is 12.0 Å². The number of nitrogens with zero attached hydrogens (tertiary/aromatic N) is 2. The van der Waals surface area contributed by atoms with Gasteiger partial charge in [0.25, 0.3) is 5.89 Å². The minimum absolute atomic E-state index is 0.0711. The number of urea groups is 1. The highest BCUT2D eigenvalue weighted by atomic mass is 16.5. The highest BCUT2D eigenvalue weighted by Gasteiger charge is 2.10. The van der Waals surface area contributed by atoms with Crippen molar-refractivity contribution in [2.45, 2.75) is 40.0 Å². The molecule has 1 aromatic heterocycles. The summed E-state index contributed by atoms with van der Waals surface area (Å²) < 4.78 is 10.2. The zero-order valence-electron chi connectivity index (χ0n) is 13.8. The van der Waals surface area contributed by atoms with Gasteiger partial charge >= 0.3 is 12.0 Å². The van der Waals surface area contributed by atoms with Gasteiger partial charge in [0.1, 0.15) is 0 Å².